The van der Waals surface area contributed by atoms with Gasteiger partial charge >= 0.3 is 5.95 Å². The maximum absolute atomic E-state index is 12.8. The van der Waals surface area contributed by atoms with Gasteiger partial charge in [-0.2, -0.15) is 9.37 Å². The largest absolute Gasteiger partial charge is 0.465 e. The molecule has 0 N–H and O–H groups in total. The van der Waals surface area contributed by atoms with Gasteiger partial charge in [-0.1, -0.05) is 20.8 Å². The third kappa shape index (κ3) is 1.57. The molecule has 0 amide bonds. The van der Waals surface area contributed by atoms with E-state index in [1.807, 2.05) is 20.8 Å². The molecule has 3 nitrogen and oxygen atoms in total. The number of hydrogen-bond donors (Lipinski definition) is 0. The lowest BCUT2D eigenvalue weighted by atomic mass is 9.97. The third-order valence-electron chi connectivity index (χ3n) is 1.38. The summed E-state index contributed by atoms with van der Waals surface area (Å²) in [4.78, 5) is 3.59. The second kappa shape index (κ2) is 2.77. The van der Waals surface area contributed by atoms with Crippen LogP contribution in [0, 0.1) is 5.95 Å². The minimum absolute atomic E-state index is 0.153. The van der Waals surface area contributed by atoms with Gasteiger partial charge in [0.05, 0.1) is 7.11 Å². The molecule has 0 spiro atoms. The Bertz CT molecular complexity index is 275. The van der Waals surface area contributed by atoms with Crippen molar-refractivity contribution in [2.75, 3.05) is 7.11 Å². The molecule has 1 rings (SSSR count). The van der Waals surface area contributed by atoms with Crippen molar-refractivity contribution in [3.8, 4) is 5.95 Å². The summed E-state index contributed by atoms with van der Waals surface area (Å²) in [7, 11) is 1.34. The Morgan fingerprint density at radius 1 is 1.42 bits per heavy atom. The van der Waals surface area contributed by atoms with Gasteiger partial charge in [-0.15, -0.1) is 0 Å². The number of nitrogens with zero attached hydrogens (tertiary/aromatic N) is 1. The molecule has 0 aliphatic rings. The predicted molar refractivity (Wildman–Crippen MR) is 41.7 cm³/mol. The van der Waals surface area contributed by atoms with E-state index < -0.39 is 5.95 Å². The highest BCUT2D eigenvalue weighted by molar-refractivity contribution is 5.08. The van der Waals surface area contributed by atoms with Crippen molar-refractivity contribution in [2.24, 2.45) is 0 Å². The molecule has 68 valence electrons. The highest BCUT2D eigenvalue weighted by atomic mass is 19.1. The molecule has 1 heterocycles. The van der Waals surface area contributed by atoms with Crippen LogP contribution in [-0.2, 0) is 5.41 Å². The van der Waals surface area contributed by atoms with Gasteiger partial charge in [0.15, 0.2) is 0 Å². The molecular weight excluding hydrogens is 161 g/mol. The highest BCUT2D eigenvalue weighted by Gasteiger charge is 2.24. The van der Waals surface area contributed by atoms with Gasteiger partial charge < -0.3 is 9.15 Å². The average Bonchev–Trinajstić information content (AvgIpc) is 2.29. The Labute approximate surface area is 70.5 Å². The molecule has 0 saturated heterocycles. The van der Waals surface area contributed by atoms with E-state index in [1.54, 1.807) is 0 Å². The fraction of sp³-hybridized carbons (Fsp3) is 0.625. The van der Waals surface area contributed by atoms with Crippen LogP contribution in [0.1, 0.15) is 26.7 Å². The first kappa shape index (κ1) is 9.03. The van der Waals surface area contributed by atoms with Crippen molar-refractivity contribution in [1.29, 1.82) is 0 Å². The summed E-state index contributed by atoms with van der Waals surface area (Å²) in [6.45, 7) is 5.66. The van der Waals surface area contributed by atoms with E-state index in [-0.39, 0.29) is 11.4 Å². The van der Waals surface area contributed by atoms with Gasteiger partial charge in [-0.25, -0.2) is 0 Å². The molecule has 0 aliphatic heterocycles. The zero-order valence-corrected chi connectivity index (χ0v) is 7.64. The molecule has 0 bridgehead atoms. The van der Waals surface area contributed by atoms with Gasteiger partial charge in [0, 0.05) is 5.41 Å². The lowest BCUT2D eigenvalue weighted by Crippen LogP contribution is -2.11. The number of rotatable bonds is 1. The Kier molecular flexibility index (Phi) is 2.08. The summed E-state index contributed by atoms with van der Waals surface area (Å²) in [5, 5.41) is 0. The molecule has 0 fully saturated rings. The normalized spacial score (nSPS) is 11.8. The van der Waals surface area contributed by atoms with Crippen LogP contribution in [0.25, 0.3) is 0 Å². The van der Waals surface area contributed by atoms with Gasteiger partial charge in [0.1, 0.15) is 0 Å². The van der Waals surface area contributed by atoms with E-state index in [9.17, 15) is 4.39 Å². The van der Waals surface area contributed by atoms with Crippen LogP contribution in [0.2, 0.25) is 0 Å². The number of aromatic nitrogens is 1. The number of methoxy groups -OCH3 is 1. The standard InChI is InChI=1S/C8H12FNO2/c1-8(2,3)7-10-5(9)6(11-4)12-7/h1-4H3. The van der Waals surface area contributed by atoms with Crippen LogP contribution >= 0.6 is 0 Å². The van der Waals surface area contributed by atoms with Gasteiger partial charge in [-0.3, -0.25) is 0 Å². The van der Waals surface area contributed by atoms with E-state index in [0.717, 1.165) is 0 Å². The van der Waals surface area contributed by atoms with Crippen molar-refractivity contribution in [1.82, 2.24) is 4.98 Å². The molecule has 12 heavy (non-hydrogen) atoms. The molecule has 1 aromatic rings. The maximum atomic E-state index is 12.8. The fourth-order valence-electron chi connectivity index (χ4n) is 0.734. The Morgan fingerprint density at radius 3 is 2.25 bits per heavy atom. The highest BCUT2D eigenvalue weighted by Crippen LogP contribution is 2.26. The Hall–Kier alpha value is -1.06. The van der Waals surface area contributed by atoms with Crippen molar-refractivity contribution < 1.29 is 13.5 Å². The Morgan fingerprint density at radius 2 is 2.00 bits per heavy atom. The minimum Gasteiger partial charge on any atom is -0.465 e. The number of oxazole rings is 1. The molecule has 0 atom stereocenters. The van der Waals surface area contributed by atoms with Crippen LogP contribution < -0.4 is 4.74 Å². The summed E-state index contributed by atoms with van der Waals surface area (Å²) < 4.78 is 22.4. The maximum Gasteiger partial charge on any atom is 0.343 e. The van der Waals surface area contributed by atoms with Gasteiger partial charge in [0.25, 0.3) is 5.95 Å². The summed E-state index contributed by atoms with van der Waals surface area (Å²) in [6, 6.07) is 0. The monoisotopic (exact) mass is 173 g/mol. The summed E-state index contributed by atoms with van der Waals surface area (Å²) in [5.74, 6) is -0.501. The number of halogens is 1. The first-order valence-corrected chi connectivity index (χ1v) is 3.66. The molecule has 0 aliphatic carbocycles. The van der Waals surface area contributed by atoms with Crippen LogP contribution in [0.15, 0.2) is 4.42 Å². The first-order chi connectivity index (χ1) is 5.45. The summed E-state index contributed by atoms with van der Waals surface area (Å²) in [6.07, 6.45) is 0. The number of ether oxygens (including phenoxy) is 1. The second-order valence-electron chi connectivity index (χ2n) is 3.55. The zero-order valence-electron chi connectivity index (χ0n) is 7.64. The molecule has 0 aromatic carbocycles. The topological polar surface area (TPSA) is 35.3 Å². The molecule has 0 saturated carbocycles. The lowest BCUT2D eigenvalue weighted by Gasteiger charge is -2.11. The first-order valence-electron chi connectivity index (χ1n) is 3.66. The Balaban J connectivity index is 3.05. The van der Waals surface area contributed by atoms with Gasteiger partial charge in [-0.05, 0) is 0 Å². The third-order valence-corrected chi connectivity index (χ3v) is 1.38. The SMILES string of the molecule is COc1oc(C(C)(C)C)nc1F. The lowest BCUT2D eigenvalue weighted by molar-refractivity contribution is 0.262. The van der Waals surface area contributed by atoms with Crippen LogP contribution in [-0.4, -0.2) is 12.1 Å². The smallest absolute Gasteiger partial charge is 0.343 e. The molecular formula is C8H12FNO2. The van der Waals surface area contributed by atoms with Gasteiger partial charge in [0.2, 0.25) is 5.89 Å². The molecule has 4 heteroatoms. The van der Waals surface area contributed by atoms with Crippen molar-refractivity contribution in [3.05, 3.63) is 11.8 Å². The van der Waals surface area contributed by atoms with Crippen molar-refractivity contribution in [3.63, 3.8) is 0 Å². The van der Waals surface area contributed by atoms with Crippen molar-refractivity contribution in [2.45, 2.75) is 26.2 Å². The van der Waals surface area contributed by atoms with E-state index >= 15 is 0 Å². The molecule has 0 radical (unpaired) electrons. The summed E-state index contributed by atoms with van der Waals surface area (Å²) in [5.41, 5.74) is -0.294. The fourth-order valence-corrected chi connectivity index (χ4v) is 0.734. The van der Waals surface area contributed by atoms with Crippen molar-refractivity contribution >= 4 is 0 Å². The second-order valence-corrected chi connectivity index (χ2v) is 3.55. The molecule has 0 unspecified atom stereocenters. The van der Waals surface area contributed by atoms with E-state index in [1.165, 1.54) is 7.11 Å². The van der Waals surface area contributed by atoms with Crippen LogP contribution in [0.3, 0.4) is 0 Å². The van der Waals surface area contributed by atoms with E-state index in [4.69, 9.17) is 4.42 Å². The van der Waals surface area contributed by atoms with E-state index in [2.05, 4.69) is 9.72 Å². The number of hydrogen-bond acceptors (Lipinski definition) is 3. The van der Waals surface area contributed by atoms with Crippen LogP contribution in [0.4, 0.5) is 4.39 Å². The molecule has 1 aromatic heterocycles. The van der Waals surface area contributed by atoms with E-state index in [0.29, 0.717) is 5.89 Å². The zero-order chi connectivity index (χ0) is 9.35. The summed E-state index contributed by atoms with van der Waals surface area (Å²) >= 11 is 0. The minimum atomic E-state index is -0.692. The quantitative estimate of drug-likeness (QED) is 0.652. The average molecular weight is 173 g/mol. The predicted octanol–water partition coefficient (Wildman–Crippen LogP) is 2.12. The van der Waals surface area contributed by atoms with Crippen LogP contribution in [0.5, 0.6) is 5.95 Å².